The lowest BCUT2D eigenvalue weighted by molar-refractivity contribution is 0.392. The summed E-state index contributed by atoms with van der Waals surface area (Å²) in [6.07, 6.45) is 0.587. The lowest BCUT2D eigenvalue weighted by Crippen LogP contribution is -2.35. The Morgan fingerprint density at radius 1 is 0.967 bits per heavy atom. The lowest BCUT2D eigenvalue weighted by atomic mass is 10.0. The Labute approximate surface area is 181 Å². The standard InChI is InChI=1S/C21H22N2O4S3/c1-15-5-8-20(16(2)12-15)29(24,25)22-19-7-6-17-9-10-23(14-18(17)13-19)30(26,27)21-4-3-11-28-21/h3-8,11-13,22H,9-10,14H2,1-2H3. The number of hydrogen-bond donors (Lipinski definition) is 1. The third kappa shape index (κ3) is 4.02. The fraction of sp³-hybridized carbons (Fsp3) is 0.238. The van der Waals surface area contributed by atoms with E-state index in [2.05, 4.69) is 4.72 Å². The van der Waals surface area contributed by atoms with Crippen LogP contribution in [0.25, 0.3) is 0 Å². The molecule has 4 rings (SSSR count). The zero-order chi connectivity index (χ0) is 21.5. The molecule has 2 heterocycles. The van der Waals surface area contributed by atoms with Gasteiger partial charge in [-0.1, -0.05) is 29.8 Å². The molecule has 0 saturated heterocycles. The number of hydrogen-bond acceptors (Lipinski definition) is 5. The third-order valence-electron chi connectivity index (χ3n) is 5.14. The number of aryl methyl sites for hydroxylation is 2. The van der Waals surface area contributed by atoms with Crippen molar-refractivity contribution < 1.29 is 16.8 Å². The van der Waals surface area contributed by atoms with Crippen molar-refractivity contribution in [2.75, 3.05) is 11.3 Å². The van der Waals surface area contributed by atoms with Gasteiger partial charge < -0.3 is 0 Å². The van der Waals surface area contributed by atoms with E-state index in [1.807, 2.05) is 19.1 Å². The van der Waals surface area contributed by atoms with Crippen LogP contribution >= 0.6 is 11.3 Å². The van der Waals surface area contributed by atoms with Crippen molar-refractivity contribution in [3.05, 3.63) is 76.2 Å². The fourth-order valence-corrected chi connectivity index (χ4v) is 7.49. The van der Waals surface area contributed by atoms with Crippen LogP contribution in [0.2, 0.25) is 0 Å². The first-order valence-electron chi connectivity index (χ1n) is 9.42. The van der Waals surface area contributed by atoms with E-state index >= 15 is 0 Å². The van der Waals surface area contributed by atoms with Crippen LogP contribution in [0.1, 0.15) is 22.3 Å². The van der Waals surface area contributed by atoms with E-state index in [1.54, 1.807) is 48.7 Å². The summed E-state index contributed by atoms with van der Waals surface area (Å²) in [4.78, 5) is 0.229. The zero-order valence-electron chi connectivity index (χ0n) is 16.6. The van der Waals surface area contributed by atoms with Gasteiger partial charge in [0.05, 0.1) is 4.90 Å². The highest BCUT2D eigenvalue weighted by Gasteiger charge is 2.29. The van der Waals surface area contributed by atoms with Crippen molar-refractivity contribution in [3.8, 4) is 0 Å². The summed E-state index contributed by atoms with van der Waals surface area (Å²) in [5.41, 5.74) is 3.93. The van der Waals surface area contributed by atoms with Crippen LogP contribution in [0, 0.1) is 13.8 Å². The van der Waals surface area contributed by atoms with Crippen molar-refractivity contribution >= 4 is 37.1 Å². The van der Waals surface area contributed by atoms with Crippen LogP contribution in [0.5, 0.6) is 0 Å². The number of sulfonamides is 2. The molecule has 158 valence electrons. The zero-order valence-corrected chi connectivity index (χ0v) is 19.1. The fourth-order valence-electron chi connectivity index (χ4n) is 3.65. The molecular formula is C21H22N2O4S3. The highest BCUT2D eigenvalue weighted by molar-refractivity contribution is 7.92. The van der Waals surface area contributed by atoms with Gasteiger partial charge in [0, 0.05) is 18.8 Å². The molecule has 0 spiro atoms. The van der Waals surface area contributed by atoms with E-state index in [-0.39, 0.29) is 11.4 Å². The normalized spacial score (nSPS) is 15.0. The quantitative estimate of drug-likeness (QED) is 0.623. The maximum Gasteiger partial charge on any atom is 0.262 e. The monoisotopic (exact) mass is 462 g/mol. The van der Waals surface area contributed by atoms with Crippen LogP contribution in [-0.4, -0.2) is 27.7 Å². The van der Waals surface area contributed by atoms with Gasteiger partial charge in [0.2, 0.25) is 0 Å². The first-order chi connectivity index (χ1) is 14.2. The summed E-state index contributed by atoms with van der Waals surface area (Å²) in [6.45, 7) is 4.30. The minimum absolute atomic E-state index is 0.217. The van der Waals surface area contributed by atoms with Gasteiger partial charge in [-0.15, -0.1) is 11.3 Å². The molecule has 0 aliphatic carbocycles. The van der Waals surface area contributed by atoms with Crippen LogP contribution in [0.3, 0.4) is 0 Å². The smallest absolute Gasteiger partial charge is 0.262 e. The predicted molar refractivity (Wildman–Crippen MR) is 119 cm³/mol. The second-order valence-electron chi connectivity index (χ2n) is 7.38. The summed E-state index contributed by atoms with van der Waals surface area (Å²) < 4.78 is 55.8. The average Bonchev–Trinajstić information content (AvgIpc) is 3.22. The molecule has 0 bridgehead atoms. The van der Waals surface area contributed by atoms with Gasteiger partial charge in [-0.05, 0) is 66.6 Å². The molecule has 1 aromatic heterocycles. The molecule has 2 aromatic carbocycles. The summed E-state index contributed by atoms with van der Waals surface area (Å²) >= 11 is 1.19. The average molecular weight is 463 g/mol. The van der Waals surface area contributed by atoms with Gasteiger partial charge in [0.25, 0.3) is 20.0 Å². The van der Waals surface area contributed by atoms with Crippen molar-refractivity contribution in [1.82, 2.24) is 4.31 Å². The van der Waals surface area contributed by atoms with Gasteiger partial charge in [-0.2, -0.15) is 4.31 Å². The third-order valence-corrected chi connectivity index (χ3v) is 9.90. The number of benzene rings is 2. The van der Waals surface area contributed by atoms with Crippen LogP contribution in [-0.2, 0) is 33.0 Å². The van der Waals surface area contributed by atoms with Gasteiger partial charge in [-0.25, -0.2) is 16.8 Å². The van der Waals surface area contributed by atoms with Gasteiger partial charge >= 0.3 is 0 Å². The van der Waals surface area contributed by atoms with E-state index in [9.17, 15) is 16.8 Å². The number of nitrogens with one attached hydrogen (secondary N) is 1. The molecular weight excluding hydrogens is 440 g/mol. The number of fused-ring (bicyclic) bond motifs is 1. The lowest BCUT2D eigenvalue weighted by Gasteiger charge is -2.28. The van der Waals surface area contributed by atoms with Gasteiger partial charge in [-0.3, -0.25) is 4.72 Å². The number of thiophene rings is 1. The summed E-state index contributed by atoms with van der Waals surface area (Å²) in [7, 11) is -7.29. The molecule has 1 aliphatic heterocycles. The Morgan fingerprint density at radius 3 is 2.47 bits per heavy atom. The van der Waals surface area contributed by atoms with E-state index in [4.69, 9.17) is 0 Å². The summed E-state index contributed by atoms with van der Waals surface area (Å²) in [5, 5.41) is 1.74. The highest BCUT2D eigenvalue weighted by atomic mass is 32.2. The minimum atomic E-state index is -3.74. The maximum absolute atomic E-state index is 12.9. The van der Waals surface area contributed by atoms with Gasteiger partial charge in [0.1, 0.15) is 4.21 Å². The second-order valence-corrected chi connectivity index (χ2v) is 12.1. The first-order valence-corrected chi connectivity index (χ1v) is 13.2. The molecule has 6 nitrogen and oxygen atoms in total. The molecule has 0 unspecified atom stereocenters. The van der Waals surface area contributed by atoms with Gasteiger partial charge in [0.15, 0.2) is 0 Å². The number of rotatable bonds is 5. The Bertz CT molecular complexity index is 1300. The molecule has 1 aliphatic rings. The molecule has 1 N–H and O–H groups in total. The van der Waals surface area contributed by atoms with Crippen molar-refractivity contribution in [2.24, 2.45) is 0 Å². The largest absolute Gasteiger partial charge is 0.280 e. The van der Waals surface area contributed by atoms with E-state index in [0.717, 1.165) is 16.7 Å². The SMILES string of the molecule is Cc1ccc(S(=O)(=O)Nc2ccc3c(c2)CN(S(=O)(=O)c2cccs2)CC3)c(C)c1. The van der Waals surface area contributed by atoms with E-state index in [0.29, 0.717) is 28.4 Å². The maximum atomic E-state index is 12.9. The number of anilines is 1. The Kier molecular flexibility index (Phi) is 5.48. The second kappa shape index (κ2) is 7.81. The molecule has 30 heavy (non-hydrogen) atoms. The molecule has 0 fully saturated rings. The molecule has 0 atom stereocenters. The van der Waals surface area contributed by atoms with Crippen molar-refractivity contribution in [2.45, 2.75) is 35.9 Å². The first kappa shape index (κ1) is 21.0. The van der Waals surface area contributed by atoms with Crippen molar-refractivity contribution in [1.29, 1.82) is 0 Å². The van der Waals surface area contributed by atoms with Crippen LogP contribution in [0.4, 0.5) is 5.69 Å². The molecule has 0 radical (unpaired) electrons. The predicted octanol–water partition coefficient (Wildman–Crippen LogP) is 3.91. The Hall–Kier alpha value is -2.20. The Balaban J connectivity index is 1.60. The summed E-state index contributed by atoms with van der Waals surface area (Å²) in [6, 6.07) is 13.8. The van der Waals surface area contributed by atoms with Crippen LogP contribution < -0.4 is 4.72 Å². The molecule has 0 saturated carbocycles. The van der Waals surface area contributed by atoms with E-state index in [1.165, 1.54) is 15.6 Å². The summed E-state index contributed by atoms with van der Waals surface area (Å²) in [5.74, 6) is 0. The molecule has 9 heteroatoms. The molecule has 0 amide bonds. The topological polar surface area (TPSA) is 83.6 Å². The number of nitrogens with zero attached hydrogens (tertiary/aromatic N) is 1. The minimum Gasteiger partial charge on any atom is -0.280 e. The highest BCUT2D eigenvalue weighted by Crippen LogP contribution is 2.29. The van der Waals surface area contributed by atoms with Crippen LogP contribution in [0.15, 0.2) is 63.0 Å². The van der Waals surface area contributed by atoms with E-state index < -0.39 is 20.0 Å². The Morgan fingerprint density at radius 2 is 1.77 bits per heavy atom. The molecule has 3 aromatic rings. The van der Waals surface area contributed by atoms with Crippen molar-refractivity contribution in [3.63, 3.8) is 0 Å².